The maximum Gasteiger partial charge on any atom is 0.327 e. The topological polar surface area (TPSA) is 58.6 Å². The smallest absolute Gasteiger partial charge is 0.327 e. The molecule has 0 radical (unpaired) electrons. The second kappa shape index (κ2) is 6.78. The number of hydrogen-bond donors (Lipinski definition) is 2. The molecule has 0 bridgehead atoms. The van der Waals surface area contributed by atoms with Crippen molar-refractivity contribution >= 4 is 17.7 Å². The van der Waals surface area contributed by atoms with Crippen LogP contribution in [0.4, 0.5) is 0 Å². The van der Waals surface area contributed by atoms with Crippen LogP contribution in [0.25, 0.3) is 0 Å². The summed E-state index contributed by atoms with van der Waals surface area (Å²) >= 11 is 1.63. The second-order valence-electron chi connectivity index (χ2n) is 5.02. The number of aliphatic hydroxyl groups excluding tert-OH is 1. The zero-order valence-electron chi connectivity index (χ0n) is 11.7. The first-order valence-corrected chi connectivity index (χ1v) is 7.66. The minimum absolute atomic E-state index is 0.117. The number of methoxy groups -OCH3 is 1. The molecule has 1 aliphatic carbocycles. The second-order valence-corrected chi connectivity index (χ2v) is 6.39. The van der Waals surface area contributed by atoms with E-state index in [1.807, 2.05) is 13.8 Å². The van der Waals surface area contributed by atoms with Gasteiger partial charge in [-0.15, -0.1) is 0 Å². The molecule has 0 aromatic carbocycles. The number of nitrogens with one attached hydrogen (secondary N) is 1. The molecule has 1 fully saturated rings. The van der Waals surface area contributed by atoms with E-state index in [0.29, 0.717) is 11.7 Å². The van der Waals surface area contributed by atoms with E-state index in [1.54, 1.807) is 18.7 Å². The Kier molecular flexibility index (Phi) is 5.95. The molecule has 106 valence electrons. The number of carbonyl (C=O) groups excluding carboxylic acids is 1. The van der Waals surface area contributed by atoms with Crippen molar-refractivity contribution in [1.82, 2.24) is 5.32 Å². The summed E-state index contributed by atoms with van der Waals surface area (Å²) in [6.45, 7) is 6.51. The van der Waals surface area contributed by atoms with Gasteiger partial charge in [-0.05, 0) is 32.2 Å². The summed E-state index contributed by atoms with van der Waals surface area (Å²) in [4.78, 5) is 12.1. The van der Waals surface area contributed by atoms with E-state index >= 15 is 0 Å². The number of carbonyl (C=O) groups is 1. The molecular formula is C13H25NO3S. The van der Waals surface area contributed by atoms with Crippen molar-refractivity contribution in [2.24, 2.45) is 5.92 Å². The van der Waals surface area contributed by atoms with E-state index in [1.165, 1.54) is 7.11 Å². The quantitative estimate of drug-likeness (QED) is 0.656. The summed E-state index contributed by atoms with van der Waals surface area (Å²) in [5.41, 5.74) is -0.572. The molecule has 0 amide bonds. The van der Waals surface area contributed by atoms with Crippen LogP contribution in [0.5, 0.6) is 0 Å². The van der Waals surface area contributed by atoms with Gasteiger partial charge >= 0.3 is 5.97 Å². The van der Waals surface area contributed by atoms with Crippen molar-refractivity contribution in [2.45, 2.75) is 50.5 Å². The zero-order valence-corrected chi connectivity index (χ0v) is 12.5. The van der Waals surface area contributed by atoms with Gasteiger partial charge in [0.1, 0.15) is 5.54 Å². The average Bonchev–Trinajstić information content (AvgIpc) is 3.17. The minimum atomic E-state index is -0.572. The van der Waals surface area contributed by atoms with Crippen LogP contribution in [0.3, 0.4) is 0 Å². The number of rotatable bonds is 8. The summed E-state index contributed by atoms with van der Waals surface area (Å²) in [5, 5.41) is 13.0. The summed E-state index contributed by atoms with van der Waals surface area (Å²) in [7, 11) is 1.44. The van der Waals surface area contributed by atoms with Crippen LogP contribution in [0.15, 0.2) is 0 Å². The molecule has 2 N–H and O–H groups in total. The third-order valence-electron chi connectivity index (χ3n) is 3.57. The molecule has 1 rings (SSSR count). The maximum absolute atomic E-state index is 12.1. The highest BCUT2D eigenvalue weighted by molar-refractivity contribution is 8.00. The predicted molar refractivity (Wildman–Crippen MR) is 74.7 cm³/mol. The molecule has 3 atom stereocenters. The van der Waals surface area contributed by atoms with E-state index < -0.39 is 5.54 Å². The lowest BCUT2D eigenvalue weighted by molar-refractivity contribution is -0.148. The van der Waals surface area contributed by atoms with Gasteiger partial charge in [-0.1, -0.05) is 13.8 Å². The van der Waals surface area contributed by atoms with Crippen molar-refractivity contribution in [3.8, 4) is 0 Å². The normalized spacial score (nSPS) is 22.1. The van der Waals surface area contributed by atoms with E-state index in [-0.39, 0.29) is 17.3 Å². The van der Waals surface area contributed by atoms with Crippen LogP contribution >= 0.6 is 11.8 Å². The van der Waals surface area contributed by atoms with Gasteiger partial charge in [0.25, 0.3) is 0 Å². The molecule has 0 spiro atoms. The molecule has 0 aromatic rings. The van der Waals surface area contributed by atoms with Gasteiger partial charge in [0.05, 0.1) is 13.2 Å². The Labute approximate surface area is 114 Å². The van der Waals surface area contributed by atoms with Crippen LogP contribution in [0, 0.1) is 5.92 Å². The fraction of sp³-hybridized carbons (Fsp3) is 0.923. The Bertz CT molecular complexity index is 281. The number of esters is 1. The van der Waals surface area contributed by atoms with Crippen LogP contribution in [-0.2, 0) is 9.53 Å². The van der Waals surface area contributed by atoms with E-state index in [0.717, 1.165) is 19.4 Å². The zero-order chi connectivity index (χ0) is 13.8. The van der Waals surface area contributed by atoms with E-state index in [2.05, 4.69) is 5.32 Å². The number of aliphatic hydroxyl groups is 1. The van der Waals surface area contributed by atoms with Crippen molar-refractivity contribution < 1.29 is 14.6 Å². The maximum atomic E-state index is 12.1. The minimum Gasteiger partial charge on any atom is -0.468 e. The van der Waals surface area contributed by atoms with Crippen molar-refractivity contribution in [3.63, 3.8) is 0 Å². The Morgan fingerprint density at radius 1 is 1.56 bits per heavy atom. The van der Waals surface area contributed by atoms with Gasteiger partial charge in [0.2, 0.25) is 0 Å². The van der Waals surface area contributed by atoms with Gasteiger partial charge in [-0.2, -0.15) is 11.8 Å². The summed E-state index contributed by atoms with van der Waals surface area (Å²) in [5.74, 6) is 0.861. The first kappa shape index (κ1) is 15.8. The number of thioether (sulfide) groups is 1. The van der Waals surface area contributed by atoms with E-state index in [9.17, 15) is 9.90 Å². The molecule has 5 heteroatoms. The summed E-state index contributed by atoms with van der Waals surface area (Å²) in [6.07, 6.45) is 1.78. The lowest BCUT2D eigenvalue weighted by atomic mass is 9.95. The standard InChI is InChI=1S/C13H25NO3S/c1-5-14-13(11-6-7-11,12(16)17-4)8-18-10(3)9(2)15/h9-11,14-15H,5-8H2,1-4H3. The highest BCUT2D eigenvalue weighted by Gasteiger charge is 2.51. The van der Waals surface area contributed by atoms with Gasteiger partial charge < -0.3 is 15.2 Å². The highest BCUT2D eigenvalue weighted by atomic mass is 32.2. The third kappa shape index (κ3) is 3.62. The Balaban J connectivity index is 2.72. The lowest BCUT2D eigenvalue weighted by Gasteiger charge is -2.33. The molecule has 0 aromatic heterocycles. The molecule has 1 saturated carbocycles. The van der Waals surface area contributed by atoms with Crippen LogP contribution in [-0.4, -0.2) is 47.4 Å². The number of likely N-dealkylation sites (N-methyl/N-ethyl adjacent to an activating group) is 1. The van der Waals surface area contributed by atoms with Crippen molar-refractivity contribution in [1.29, 1.82) is 0 Å². The molecule has 0 heterocycles. The summed E-state index contributed by atoms with van der Waals surface area (Å²) in [6, 6.07) is 0. The highest BCUT2D eigenvalue weighted by Crippen LogP contribution is 2.42. The van der Waals surface area contributed by atoms with Crippen LogP contribution in [0.1, 0.15) is 33.6 Å². The molecule has 18 heavy (non-hydrogen) atoms. The third-order valence-corrected chi connectivity index (χ3v) is 5.11. The Morgan fingerprint density at radius 2 is 2.17 bits per heavy atom. The van der Waals surface area contributed by atoms with Gasteiger partial charge in [0, 0.05) is 11.0 Å². The number of ether oxygens (including phenoxy) is 1. The predicted octanol–water partition coefficient (Wildman–Crippen LogP) is 1.42. The average molecular weight is 275 g/mol. The fourth-order valence-electron chi connectivity index (χ4n) is 2.09. The summed E-state index contributed by atoms with van der Waals surface area (Å²) < 4.78 is 4.99. The SMILES string of the molecule is CCNC(CSC(C)C(C)O)(C(=O)OC)C1CC1. The molecule has 3 unspecified atom stereocenters. The van der Waals surface area contributed by atoms with Crippen LogP contribution < -0.4 is 5.32 Å². The monoisotopic (exact) mass is 275 g/mol. The van der Waals surface area contributed by atoms with Crippen molar-refractivity contribution in [3.05, 3.63) is 0 Å². The van der Waals surface area contributed by atoms with Gasteiger partial charge in [-0.25, -0.2) is 0 Å². The molecule has 4 nitrogen and oxygen atoms in total. The largest absolute Gasteiger partial charge is 0.468 e. The Morgan fingerprint density at radius 3 is 2.56 bits per heavy atom. The van der Waals surface area contributed by atoms with Gasteiger partial charge in [-0.3, -0.25) is 4.79 Å². The van der Waals surface area contributed by atoms with E-state index in [4.69, 9.17) is 4.74 Å². The first-order valence-electron chi connectivity index (χ1n) is 6.61. The molecular weight excluding hydrogens is 250 g/mol. The Hall–Kier alpha value is -0.260. The number of hydrogen-bond acceptors (Lipinski definition) is 5. The van der Waals surface area contributed by atoms with Crippen LogP contribution in [0.2, 0.25) is 0 Å². The molecule has 0 saturated heterocycles. The lowest BCUT2D eigenvalue weighted by Crippen LogP contribution is -2.57. The fourth-order valence-corrected chi connectivity index (χ4v) is 3.35. The van der Waals surface area contributed by atoms with Crippen molar-refractivity contribution in [2.75, 3.05) is 19.4 Å². The van der Waals surface area contributed by atoms with Gasteiger partial charge in [0.15, 0.2) is 0 Å². The molecule has 0 aliphatic heterocycles. The molecule has 1 aliphatic rings. The first-order chi connectivity index (χ1) is 8.47.